The van der Waals surface area contributed by atoms with E-state index in [1.54, 1.807) is 4.90 Å². The first-order valence-corrected chi connectivity index (χ1v) is 6.71. The summed E-state index contributed by atoms with van der Waals surface area (Å²) in [4.78, 5) is 28.3. The van der Waals surface area contributed by atoms with E-state index in [4.69, 9.17) is 9.63 Å². The predicted octanol–water partition coefficient (Wildman–Crippen LogP) is 0.0408. The zero-order chi connectivity index (χ0) is 14.1. The number of nitrogens with one attached hydrogen (secondary N) is 1. The van der Waals surface area contributed by atoms with Crippen LogP contribution in [-0.2, 0) is 4.79 Å². The highest BCUT2D eigenvalue weighted by molar-refractivity contribution is 5.91. The van der Waals surface area contributed by atoms with Gasteiger partial charge in [0.25, 0.3) is 11.7 Å². The van der Waals surface area contributed by atoms with Gasteiger partial charge in [0, 0.05) is 19.0 Å². The molecule has 2 aliphatic rings. The molecule has 8 heteroatoms. The van der Waals surface area contributed by atoms with Crippen molar-refractivity contribution in [1.82, 2.24) is 20.4 Å². The number of aliphatic carboxylic acids is 1. The Bertz CT molecular complexity index is 517. The maximum Gasteiger partial charge on any atom is 0.303 e. The molecule has 1 amide bonds. The van der Waals surface area contributed by atoms with Crippen LogP contribution in [-0.4, -0.2) is 51.7 Å². The number of nitrogens with zero attached hydrogens (tertiary/aromatic N) is 3. The summed E-state index contributed by atoms with van der Waals surface area (Å²) >= 11 is 0. The number of carbonyl (C=O) groups excluding carboxylic acids is 1. The number of carboxylic acid groups (broad SMARTS) is 1. The summed E-state index contributed by atoms with van der Waals surface area (Å²) in [5, 5.41) is 15.6. The van der Waals surface area contributed by atoms with Crippen molar-refractivity contribution in [3.05, 3.63) is 11.7 Å². The van der Waals surface area contributed by atoms with Crippen molar-refractivity contribution >= 4 is 11.9 Å². The van der Waals surface area contributed by atoms with Crippen LogP contribution in [0, 0.1) is 5.92 Å². The molecule has 1 atom stereocenters. The van der Waals surface area contributed by atoms with Gasteiger partial charge in [-0.1, -0.05) is 5.16 Å². The minimum Gasteiger partial charge on any atom is -0.481 e. The minimum atomic E-state index is -0.837. The van der Waals surface area contributed by atoms with Crippen LogP contribution in [0.3, 0.4) is 0 Å². The average molecular weight is 280 g/mol. The molecule has 20 heavy (non-hydrogen) atoms. The van der Waals surface area contributed by atoms with Gasteiger partial charge in [-0.2, -0.15) is 4.98 Å². The number of hydrogen-bond donors (Lipinski definition) is 2. The number of carbonyl (C=O) groups is 2. The second kappa shape index (κ2) is 5.20. The summed E-state index contributed by atoms with van der Waals surface area (Å²) < 4.78 is 5.11. The zero-order valence-corrected chi connectivity index (χ0v) is 10.9. The van der Waals surface area contributed by atoms with Crippen molar-refractivity contribution in [2.24, 2.45) is 5.92 Å². The smallest absolute Gasteiger partial charge is 0.303 e. The van der Waals surface area contributed by atoms with Crippen LogP contribution in [0.5, 0.6) is 0 Å². The summed E-state index contributed by atoms with van der Waals surface area (Å²) in [6.45, 7) is 1.80. The molecule has 2 N–H and O–H groups in total. The first kappa shape index (κ1) is 13.0. The lowest BCUT2D eigenvalue weighted by molar-refractivity contribution is -0.139. The third-order valence-corrected chi connectivity index (χ3v) is 3.70. The Morgan fingerprint density at radius 1 is 1.45 bits per heavy atom. The third kappa shape index (κ3) is 2.51. The summed E-state index contributed by atoms with van der Waals surface area (Å²) in [6.07, 6.45) is 2.08. The van der Waals surface area contributed by atoms with Crippen molar-refractivity contribution in [3.63, 3.8) is 0 Å². The largest absolute Gasteiger partial charge is 0.481 e. The van der Waals surface area contributed by atoms with Crippen LogP contribution in [0.25, 0.3) is 0 Å². The fraction of sp³-hybridized carbons (Fsp3) is 0.667. The molecule has 8 nitrogen and oxygen atoms in total. The quantitative estimate of drug-likeness (QED) is 0.801. The van der Waals surface area contributed by atoms with Crippen LogP contribution in [0.2, 0.25) is 0 Å². The van der Waals surface area contributed by atoms with Crippen molar-refractivity contribution in [1.29, 1.82) is 0 Å². The third-order valence-electron chi connectivity index (χ3n) is 3.70. The second-order valence-corrected chi connectivity index (χ2v) is 5.28. The van der Waals surface area contributed by atoms with Crippen molar-refractivity contribution < 1.29 is 19.2 Å². The lowest BCUT2D eigenvalue weighted by Crippen LogP contribution is -2.50. The first-order valence-electron chi connectivity index (χ1n) is 6.71. The number of amides is 1. The topological polar surface area (TPSA) is 109 Å². The Morgan fingerprint density at radius 2 is 2.25 bits per heavy atom. The number of rotatable bonds is 4. The van der Waals surface area contributed by atoms with Gasteiger partial charge in [-0.25, -0.2) is 0 Å². The maximum atomic E-state index is 12.1. The van der Waals surface area contributed by atoms with Crippen molar-refractivity contribution in [3.8, 4) is 0 Å². The van der Waals surface area contributed by atoms with Gasteiger partial charge in [0.15, 0.2) is 0 Å². The molecule has 0 aliphatic carbocycles. The number of carboxylic acids is 1. The van der Waals surface area contributed by atoms with Gasteiger partial charge in [-0.15, -0.1) is 0 Å². The van der Waals surface area contributed by atoms with Gasteiger partial charge in [0.05, 0.1) is 12.5 Å². The summed E-state index contributed by atoms with van der Waals surface area (Å²) in [6, 6.07) is 0.0419. The van der Waals surface area contributed by atoms with E-state index < -0.39 is 5.97 Å². The molecule has 0 radical (unpaired) electrons. The van der Waals surface area contributed by atoms with Gasteiger partial charge in [0.1, 0.15) is 0 Å². The van der Waals surface area contributed by atoms with Gasteiger partial charge in [-0.3, -0.25) is 9.59 Å². The summed E-state index contributed by atoms with van der Waals surface area (Å²) in [7, 11) is 0. The second-order valence-electron chi connectivity index (χ2n) is 5.28. The van der Waals surface area contributed by atoms with Gasteiger partial charge in [0.2, 0.25) is 5.89 Å². The van der Waals surface area contributed by atoms with E-state index in [2.05, 4.69) is 15.5 Å². The molecule has 1 unspecified atom stereocenters. The molecule has 1 aromatic rings. The Kier molecular flexibility index (Phi) is 3.39. The summed E-state index contributed by atoms with van der Waals surface area (Å²) in [5.74, 6) is -0.592. The van der Waals surface area contributed by atoms with Crippen molar-refractivity contribution in [2.45, 2.75) is 25.3 Å². The lowest BCUT2D eigenvalue weighted by atomic mass is 9.96. The molecule has 108 valence electrons. The minimum absolute atomic E-state index is 0.0271. The number of hydrogen-bond acceptors (Lipinski definition) is 6. The summed E-state index contributed by atoms with van der Waals surface area (Å²) in [5.41, 5.74) is 0. The van der Waals surface area contributed by atoms with E-state index in [-0.39, 0.29) is 30.1 Å². The van der Waals surface area contributed by atoms with E-state index >= 15 is 0 Å². The molecule has 1 aromatic heterocycles. The van der Waals surface area contributed by atoms with Crippen LogP contribution in [0.4, 0.5) is 0 Å². The Labute approximate surface area is 115 Å². The molecular weight excluding hydrogens is 264 g/mol. The normalized spacial score (nSPS) is 22.8. The molecule has 2 saturated heterocycles. The molecule has 2 fully saturated rings. The molecule has 0 spiro atoms. The number of aromatic nitrogens is 2. The highest BCUT2D eigenvalue weighted by Crippen LogP contribution is 2.23. The maximum absolute atomic E-state index is 12.1. The van der Waals surface area contributed by atoms with E-state index in [0.29, 0.717) is 19.0 Å². The lowest BCUT2D eigenvalue weighted by Gasteiger charge is -2.37. The van der Waals surface area contributed by atoms with Gasteiger partial charge >= 0.3 is 5.97 Å². The Hall–Kier alpha value is -1.96. The average Bonchev–Trinajstić information content (AvgIpc) is 3.01. The van der Waals surface area contributed by atoms with E-state index in [0.717, 1.165) is 19.4 Å². The molecule has 3 rings (SSSR count). The number of likely N-dealkylation sites (tertiary alicyclic amines) is 1. The predicted molar refractivity (Wildman–Crippen MR) is 65.9 cm³/mol. The van der Waals surface area contributed by atoms with E-state index in [1.165, 1.54) is 0 Å². The standard InChI is InChI=1S/C12H16N4O4/c17-9(18)4-7-5-16(6-7)12(19)10-14-11(20-15-10)8-2-1-3-13-8/h7-8,13H,1-6H2,(H,17,18). The fourth-order valence-corrected chi connectivity index (χ4v) is 2.61. The molecule has 0 bridgehead atoms. The highest BCUT2D eigenvalue weighted by atomic mass is 16.5. The van der Waals surface area contributed by atoms with Crippen LogP contribution in [0.15, 0.2) is 4.52 Å². The fourth-order valence-electron chi connectivity index (χ4n) is 2.61. The van der Waals surface area contributed by atoms with Gasteiger partial charge in [-0.05, 0) is 19.4 Å². The Morgan fingerprint density at radius 3 is 2.90 bits per heavy atom. The van der Waals surface area contributed by atoms with Crippen LogP contribution >= 0.6 is 0 Å². The SMILES string of the molecule is O=C(O)CC1CN(C(=O)c2noc(C3CCCN3)n2)C1. The molecule has 2 aliphatic heterocycles. The zero-order valence-electron chi connectivity index (χ0n) is 10.9. The first-order chi connectivity index (χ1) is 9.63. The van der Waals surface area contributed by atoms with Crippen molar-refractivity contribution in [2.75, 3.05) is 19.6 Å². The molecule has 0 saturated carbocycles. The Balaban J connectivity index is 1.57. The van der Waals surface area contributed by atoms with E-state index in [9.17, 15) is 9.59 Å². The highest BCUT2D eigenvalue weighted by Gasteiger charge is 2.35. The molecule has 0 aromatic carbocycles. The molecule has 3 heterocycles. The van der Waals surface area contributed by atoms with Crippen LogP contribution in [0.1, 0.15) is 41.8 Å². The molecular formula is C12H16N4O4. The van der Waals surface area contributed by atoms with E-state index in [1.807, 2.05) is 0 Å². The van der Waals surface area contributed by atoms with Gasteiger partial charge < -0.3 is 19.8 Å². The monoisotopic (exact) mass is 280 g/mol. The van der Waals surface area contributed by atoms with Crippen LogP contribution < -0.4 is 5.32 Å².